The molecule has 0 aromatic carbocycles. The first-order chi connectivity index (χ1) is 10.6. The lowest BCUT2D eigenvalue weighted by atomic mass is 10.0. The Morgan fingerprint density at radius 3 is 2.77 bits per heavy atom. The molecule has 0 radical (unpaired) electrons. The molecule has 1 saturated heterocycles. The Labute approximate surface area is 132 Å². The zero-order chi connectivity index (χ0) is 15.7. The fraction of sp³-hybridized carbons (Fsp3) is 0.765. The van der Waals surface area contributed by atoms with Gasteiger partial charge in [0.05, 0.1) is 5.69 Å². The van der Waals surface area contributed by atoms with Crippen LogP contribution in [0, 0.1) is 18.8 Å². The molecule has 5 heteroatoms. The molecule has 2 heterocycles. The molecule has 0 spiro atoms. The first kappa shape index (κ1) is 15.5. The van der Waals surface area contributed by atoms with Gasteiger partial charge in [-0.2, -0.15) is 0 Å². The molecule has 0 bridgehead atoms. The summed E-state index contributed by atoms with van der Waals surface area (Å²) >= 11 is 0. The normalized spacial score (nSPS) is 23.8. The number of amides is 1. The predicted octanol–water partition coefficient (Wildman–Crippen LogP) is 2.57. The largest absolute Gasteiger partial charge is 0.438 e. The van der Waals surface area contributed by atoms with Crippen molar-refractivity contribution in [3.63, 3.8) is 0 Å². The van der Waals surface area contributed by atoms with Gasteiger partial charge >= 0.3 is 0 Å². The van der Waals surface area contributed by atoms with E-state index in [-0.39, 0.29) is 5.91 Å². The van der Waals surface area contributed by atoms with Crippen molar-refractivity contribution in [2.24, 2.45) is 11.8 Å². The average Bonchev–Trinajstić information content (AvgIpc) is 3.23. The maximum atomic E-state index is 12.7. The standard InChI is InChI=1S/C17H27N3O2/c1-12(2)15-10-20(17(21)16-13(3)18-11-22-16)8-4-7-19(15)9-14-5-6-14/h11-12,14-15H,4-10H2,1-3H3. The minimum Gasteiger partial charge on any atom is -0.438 e. The fourth-order valence-electron chi connectivity index (χ4n) is 3.39. The Morgan fingerprint density at radius 1 is 1.41 bits per heavy atom. The molecule has 2 fully saturated rings. The highest BCUT2D eigenvalue weighted by atomic mass is 16.3. The average molecular weight is 305 g/mol. The van der Waals surface area contributed by atoms with E-state index in [1.807, 2.05) is 11.8 Å². The van der Waals surface area contributed by atoms with Gasteiger partial charge in [0.1, 0.15) is 0 Å². The van der Waals surface area contributed by atoms with Crippen LogP contribution in [-0.4, -0.2) is 52.9 Å². The minimum absolute atomic E-state index is 0.00563. The van der Waals surface area contributed by atoms with Crippen molar-refractivity contribution in [2.75, 3.05) is 26.2 Å². The molecule has 2 aliphatic rings. The van der Waals surface area contributed by atoms with E-state index in [1.165, 1.54) is 25.8 Å². The van der Waals surface area contributed by atoms with Gasteiger partial charge in [-0.1, -0.05) is 13.8 Å². The van der Waals surface area contributed by atoms with Gasteiger partial charge in [-0.15, -0.1) is 0 Å². The second kappa shape index (κ2) is 6.41. The van der Waals surface area contributed by atoms with Crippen LogP contribution >= 0.6 is 0 Å². The number of oxazole rings is 1. The number of carbonyl (C=O) groups excluding carboxylic acids is 1. The summed E-state index contributed by atoms with van der Waals surface area (Å²) in [4.78, 5) is 21.3. The second-order valence-electron chi connectivity index (χ2n) is 7.12. The monoisotopic (exact) mass is 305 g/mol. The zero-order valence-corrected chi connectivity index (χ0v) is 13.9. The molecule has 1 atom stereocenters. The first-order valence-electron chi connectivity index (χ1n) is 8.49. The summed E-state index contributed by atoms with van der Waals surface area (Å²) < 4.78 is 5.30. The van der Waals surface area contributed by atoms with Crippen LogP contribution in [-0.2, 0) is 0 Å². The number of rotatable bonds is 4. The number of aromatic nitrogens is 1. The lowest BCUT2D eigenvalue weighted by Gasteiger charge is -2.34. The van der Waals surface area contributed by atoms with Crippen LogP contribution in [0.2, 0.25) is 0 Å². The van der Waals surface area contributed by atoms with Gasteiger partial charge < -0.3 is 9.32 Å². The summed E-state index contributed by atoms with van der Waals surface area (Å²) in [5, 5.41) is 0. The molecule has 1 aromatic heterocycles. The number of aryl methyl sites for hydroxylation is 1. The van der Waals surface area contributed by atoms with Gasteiger partial charge in [-0.3, -0.25) is 9.69 Å². The molecule has 1 saturated carbocycles. The minimum atomic E-state index is -0.00563. The molecule has 122 valence electrons. The van der Waals surface area contributed by atoms with Crippen LogP contribution in [0.3, 0.4) is 0 Å². The van der Waals surface area contributed by atoms with E-state index in [2.05, 4.69) is 23.7 Å². The zero-order valence-electron chi connectivity index (χ0n) is 13.9. The van der Waals surface area contributed by atoms with E-state index in [0.717, 1.165) is 32.0 Å². The van der Waals surface area contributed by atoms with Crippen molar-refractivity contribution in [3.8, 4) is 0 Å². The van der Waals surface area contributed by atoms with E-state index in [9.17, 15) is 4.79 Å². The van der Waals surface area contributed by atoms with E-state index < -0.39 is 0 Å². The van der Waals surface area contributed by atoms with E-state index in [0.29, 0.717) is 23.4 Å². The third-order valence-corrected chi connectivity index (χ3v) is 4.94. The van der Waals surface area contributed by atoms with E-state index in [4.69, 9.17) is 4.42 Å². The lowest BCUT2D eigenvalue weighted by Crippen LogP contribution is -2.46. The highest BCUT2D eigenvalue weighted by molar-refractivity contribution is 5.92. The maximum absolute atomic E-state index is 12.7. The summed E-state index contributed by atoms with van der Waals surface area (Å²) in [6.45, 7) is 10.3. The van der Waals surface area contributed by atoms with Crippen LogP contribution in [0.25, 0.3) is 0 Å². The van der Waals surface area contributed by atoms with E-state index >= 15 is 0 Å². The molecular weight excluding hydrogens is 278 g/mol. The molecular formula is C17H27N3O2. The highest BCUT2D eigenvalue weighted by Crippen LogP contribution is 2.32. The highest BCUT2D eigenvalue weighted by Gasteiger charge is 2.34. The maximum Gasteiger partial charge on any atom is 0.291 e. The Bertz CT molecular complexity index is 522. The van der Waals surface area contributed by atoms with Crippen LogP contribution in [0.1, 0.15) is 49.4 Å². The Morgan fingerprint density at radius 2 is 2.18 bits per heavy atom. The predicted molar refractivity (Wildman–Crippen MR) is 84.7 cm³/mol. The molecule has 1 unspecified atom stereocenters. The topological polar surface area (TPSA) is 49.6 Å². The van der Waals surface area contributed by atoms with Crippen molar-refractivity contribution in [1.29, 1.82) is 0 Å². The number of hydrogen-bond donors (Lipinski definition) is 0. The van der Waals surface area contributed by atoms with Gasteiger partial charge in [0, 0.05) is 32.2 Å². The number of nitrogens with zero attached hydrogens (tertiary/aromatic N) is 3. The van der Waals surface area contributed by atoms with Crippen LogP contribution in [0.15, 0.2) is 10.8 Å². The van der Waals surface area contributed by atoms with Gasteiger partial charge in [-0.25, -0.2) is 4.98 Å². The smallest absolute Gasteiger partial charge is 0.291 e. The Kier molecular flexibility index (Phi) is 4.52. The van der Waals surface area contributed by atoms with E-state index in [1.54, 1.807) is 0 Å². The summed E-state index contributed by atoms with van der Waals surface area (Å²) in [7, 11) is 0. The Balaban J connectivity index is 1.73. The molecule has 5 nitrogen and oxygen atoms in total. The summed E-state index contributed by atoms with van der Waals surface area (Å²) in [6, 6.07) is 0.440. The molecule has 0 N–H and O–H groups in total. The number of carbonyl (C=O) groups is 1. The van der Waals surface area contributed by atoms with Crippen molar-refractivity contribution in [1.82, 2.24) is 14.8 Å². The molecule has 1 amide bonds. The van der Waals surface area contributed by atoms with Crippen LogP contribution in [0.4, 0.5) is 0 Å². The van der Waals surface area contributed by atoms with Gasteiger partial charge in [0.15, 0.2) is 6.39 Å². The van der Waals surface area contributed by atoms with Gasteiger partial charge in [0.2, 0.25) is 5.76 Å². The second-order valence-corrected chi connectivity index (χ2v) is 7.12. The summed E-state index contributed by atoms with van der Waals surface area (Å²) in [6.07, 6.45) is 5.15. The lowest BCUT2D eigenvalue weighted by molar-refractivity contribution is 0.0672. The van der Waals surface area contributed by atoms with Crippen molar-refractivity contribution < 1.29 is 9.21 Å². The molecule has 3 rings (SSSR count). The van der Waals surface area contributed by atoms with Crippen molar-refractivity contribution >= 4 is 5.91 Å². The van der Waals surface area contributed by atoms with Crippen LogP contribution in [0.5, 0.6) is 0 Å². The fourth-order valence-corrected chi connectivity index (χ4v) is 3.39. The first-order valence-corrected chi connectivity index (χ1v) is 8.49. The van der Waals surface area contributed by atoms with Gasteiger partial charge in [-0.05, 0) is 38.0 Å². The third kappa shape index (κ3) is 3.35. The molecule has 1 aromatic rings. The van der Waals surface area contributed by atoms with Crippen LogP contribution < -0.4 is 0 Å². The third-order valence-electron chi connectivity index (χ3n) is 4.94. The Hall–Kier alpha value is -1.36. The van der Waals surface area contributed by atoms with Crippen molar-refractivity contribution in [2.45, 2.75) is 46.1 Å². The molecule has 1 aliphatic heterocycles. The summed E-state index contributed by atoms with van der Waals surface area (Å²) in [5.74, 6) is 1.83. The SMILES string of the molecule is Cc1ncoc1C(=O)N1CCCN(CC2CC2)C(C(C)C)C1. The molecule has 22 heavy (non-hydrogen) atoms. The summed E-state index contributed by atoms with van der Waals surface area (Å²) in [5.41, 5.74) is 0.685. The number of hydrogen-bond acceptors (Lipinski definition) is 4. The van der Waals surface area contributed by atoms with Crippen molar-refractivity contribution in [3.05, 3.63) is 17.8 Å². The van der Waals surface area contributed by atoms with Gasteiger partial charge in [0.25, 0.3) is 5.91 Å². The molecule has 1 aliphatic carbocycles. The quantitative estimate of drug-likeness (QED) is 0.858.